The molecule has 1 heterocycles. The molecule has 0 aliphatic heterocycles. The van der Waals surface area contributed by atoms with Crippen LogP contribution in [0.4, 0.5) is 5.13 Å². The Bertz CT molecular complexity index is 992. The monoisotopic (exact) mass is 409 g/mol. The van der Waals surface area contributed by atoms with Crippen LogP contribution < -0.4 is 15.4 Å². The molecule has 0 aliphatic carbocycles. The smallest absolute Gasteiger partial charge is 0.264 e. The van der Waals surface area contributed by atoms with Crippen molar-refractivity contribution in [3.63, 3.8) is 0 Å². The van der Waals surface area contributed by atoms with Crippen molar-refractivity contribution in [2.45, 2.75) is 27.3 Å². The molecule has 2 aromatic carbocycles. The Morgan fingerprint density at radius 1 is 1.07 bits per heavy atom. The van der Waals surface area contributed by atoms with E-state index >= 15 is 0 Å². The summed E-state index contributed by atoms with van der Waals surface area (Å²) in [6.07, 6.45) is 0. The molecule has 6 nitrogen and oxygen atoms in total. The van der Waals surface area contributed by atoms with Gasteiger partial charge >= 0.3 is 0 Å². The zero-order valence-corrected chi connectivity index (χ0v) is 17.4. The Labute approximate surface area is 173 Å². The molecule has 3 aromatic rings. The number of carbonyl (C=O) groups is 2. The van der Waals surface area contributed by atoms with Crippen LogP contribution in [0.1, 0.15) is 23.6 Å². The van der Waals surface area contributed by atoms with Crippen molar-refractivity contribution < 1.29 is 14.3 Å². The van der Waals surface area contributed by atoms with Crippen molar-refractivity contribution in [2.75, 3.05) is 11.9 Å². The fraction of sp³-hybridized carbons (Fsp3) is 0.227. The molecule has 0 saturated carbocycles. The molecule has 0 radical (unpaired) electrons. The first kappa shape index (κ1) is 20.5. The maximum Gasteiger partial charge on any atom is 0.264 e. The number of amides is 2. The summed E-state index contributed by atoms with van der Waals surface area (Å²) < 4.78 is 5.58. The van der Waals surface area contributed by atoms with Gasteiger partial charge in [0, 0.05) is 24.4 Å². The first-order valence-electron chi connectivity index (χ1n) is 9.19. The van der Waals surface area contributed by atoms with Crippen molar-refractivity contribution in [1.82, 2.24) is 10.3 Å². The number of rotatable bonds is 7. The lowest BCUT2D eigenvalue weighted by Gasteiger charge is -2.07. The normalized spacial score (nSPS) is 10.4. The largest absolute Gasteiger partial charge is 0.484 e. The quantitative estimate of drug-likeness (QED) is 0.616. The molecule has 0 aliphatic rings. The summed E-state index contributed by atoms with van der Waals surface area (Å²) in [6.45, 7) is 5.89. The zero-order chi connectivity index (χ0) is 20.8. The number of aryl methyl sites for hydroxylation is 2. The zero-order valence-electron chi connectivity index (χ0n) is 16.6. The summed E-state index contributed by atoms with van der Waals surface area (Å²) in [5.74, 6) is 0.364. The second-order valence-corrected chi connectivity index (χ2v) is 7.66. The number of ether oxygens (including phenoxy) is 1. The lowest BCUT2D eigenvalue weighted by Crippen LogP contribution is -2.20. The van der Waals surface area contributed by atoms with Crippen molar-refractivity contribution in [3.05, 3.63) is 64.5 Å². The molecule has 2 amide bonds. The number of nitrogens with zero attached hydrogens (tertiary/aromatic N) is 1. The molecule has 3 rings (SSSR count). The number of anilines is 1. The molecule has 0 unspecified atom stereocenters. The standard InChI is InChI=1S/C22H23N3O3S/c1-14-8-15(2)10-19(9-14)28-12-21(27)25-22-24-20(13-29-22)18-6-4-17(5-7-18)11-23-16(3)26/h4-10,13H,11-12H2,1-3H3,(H,23,26)(H,24,25,27). The van der Waals surface area contributed by atoms with Gasteiger partial charge in [-0.2, -0.15) is 0 Å². The number of hydrogen-bond acceptors (Lipinski definition) is 5. The second-order valence-electron chi connectivity index (χ2n) is 6.80. The molecule has 7 heteroatoms. The second kappa shape index (κ2) is 9.34. The molecule has 0 atom stereocenters. The fourth-order valence-electron chi connectivity index (χ4n) is 2.80. The maximum atomic E-state index is 12.2. The molecule has 0 fully saturated rings. The van der Waals surface area contributed by atoms with Crippen LogP contribution in [0.2, 0.25) is 0 Å². The van der Waals surface area contributed by atoms with Gasteiger partial charge in [0.05, 0.1) is 5.69 Å². The van der Waals surface area contributed by atoms with Gasteiger partial charge in [0.25, 0.3) is 5.91 Å². The predicted octanol–water partition coefficient (Wildman–Crippen LogP) is 4.08. The van der Waals surface area contributed by atoms with Crippen LogP contribution in [0.3, 0.4) is 0 Å². The number of thiazole rings is 1. The van der Waals surface area contributed by atoms with Crippen molar-refractivity contribution in [3.8, 4) is 17.0 Å². The highest BCUT2D eigenvalue weighted by molar-refractivity contribution is 7.14. The summed E-state index contributed by atoms with van der Waals surface area (Å²) in [7, 11) is 0. The van der Waals surface area contributed by atoms with Gasteiger partial charge in [0.15, 0.2) is 11.7 Å². The number of carbonyl (C=O) groups excluding carboxylic acids is 2. The van der Waals surface area contributed by atoms with Crippen LogP contribution in [0.5, 0.6) is 5.75 Å². The van der Waals surface area contributed by atoms with Crippen molar-refractivity contribution in [1.29, 1.82) is 0 Å². The van der Waals surface area contributed by atoms with E-state index < -0.39 is 0 Å². The van der Waals surface area contributed by atoms with E-state index in [9.17, 15) is 9.59 Å². The Kier molecular flexibility index (Phi) is 6.61. The summed E-state index contributed by atoms with van der Waals surface area (Å²) in [5.41, 5.74) is 4.92. The molecule has 29 heavy (non-hydrogen) atoms. The molecule has 1 aromatic heterocycles. The van der Waals surface area contributed by atoms with Gasteiger partial charge in [0.2, 0.25) is 5.91 Å². The molecule has 150 valence electrons. The number of hydrogen-bond donors (Lipinski definition) is 2. The molecule has 0 saturated heterocycles. The van der Waals surface area contributed by atoms with Gasteiger partial charge in [-0.25, -0.2) is 4.98 Å². The minimum absolute atomic E-state index is 0.0597. The highest BCUT2D eigenvalue weighted by Crippen LogP contribution is 2.25. The summed E-state index contributed by atoms with van der Waals surface area (Å²) in [6, 6.07) is 13.6. The van der Waals surface area contributed by atoms with E-state index in [-0.39, 0.29) is 18.4 Å². The third kappa shape index (κ3) is 6.15. The van der Waals surface area contributed by atoms with Gasteiger partial charge in [-0.05, 0) is 42.7 Å². The average molecular weight is 410 g/mol. The highest BCUT2D eigenvalue weighted by atomic mass is 32.1. The van der Waals surface area contributed by atoms with Gasteiger partial charge < -0.3 is 10.1 Å². The van der Waals surface area contributed by atoms with E-state index in [0.717, 1.165) is 27.9 Å². The van der Waals surface area contributed by atoms with Gasteiger partial charge in [0.1, 0.15) is 5.75 Å². The van der Waals surface area contributed by atoms with E-state index in [4.69, 9.17) is 4.74 Å². The first-order valence-corrected chi connectivity index (χ1v) is 10.1. The Morgan fingerprint density at radius 3 is 2.41 bits per heavy atom. The Hall–Kier alpha value is -3.19. The van der Waals surface area contributed by atoms with Crippen LogP contribution in [0.15, 0.2) is 47.8 Å². The summed E-state index contributed by atoms with van der Waals surface area (Å²) in [5, 5.41) is 7.95. The molecular formula is C22H23N3O3S. The van der Waals surface area contributed by atoms with Crippen LogP contribution in [0, 0.1) is 13.8 Å². The fourth-order valence-corrected chi connectivity index (χ4v) is 3.54. The van der Waals surface area contributed by atoms with Crippen LogP contribution in [0.25, 0.3) is 11.3 Å². The third-order valence-electron chi connectivity index (χ3n) is 4.11. The van der Waals surface area contributed by atoms with E-state index in [0.29, 0.717) is 17.4 Å². The number of nitrogens with one attached hydrogen (secondary N) is 2. The van der Waals surface area contributed by atoms with Crippen molar-refractivity contribution in [2.24, 2.45) is 0 Å². The first-order chi connectivity index (χ1) is 13.9. The van der Waals surface area contributed by atoms with E-state index in [1.807, 2.05) is 55.6 Å². The third-order valence-corrected chi connectivity index (χ3v) is 4.86. The molecule has 0 bridgehead atoms. The number of aromatic nitrogens is 1. The SMILES string of the molecule is CC(=O)NCc1ccc(-c2csc(NC(=O)COc3cc(C)cc(C)c3)n2)cc1. The molecular weight excluding hydrogens is 386 g/mol. The van der Waals surface area contributed by atoms with Gasteiger partial charge in [-0.1, -0.05) is 30.3 Å². The highest BCUT2D eigenvalue weighted by Gasteiger charge is 2.09. The Balaban J connectivity index is 1.55. The van der Waals surface area contributed by atoms with Crippen LogP contribution in [-0.2, 0) is 16.1 Å². The lowest BCUT2D eigenvalue weighted by molar-refractivity contribution is -0.119. The average Bonchev–Trinajstić information content (AvgIpc) is 3.13. The van der Waals surface area contributed by atoms with Crippen molar-refractivity contribution >= 4 is 28.3 Å². The summed E-state index contributed by atoms with van der Waals surface area (Å²) >= 11 is 1.36. The molecule has 0 spiro atoms. The van der Waals surface area contributed by atoms with Gasteiger partial charge in [-0.15, -0.1) is 11.3 Å². The van der Waals surface area contributed by atoms with E-state index in [2.05, 4.69) is 21.7 Å². The molecule has 2 N–H and O–H groups in total. The number of benzene rings is 2. The summed E-state index contributed by atoms with van der Waals surface area (Å²) in [4.78, 5) is 27.6. The van der Waals surface area contributed by atoms with E-state index in [1.165, 1.54) is 18.3 Å². The minimum Gasteiger partial charge on any atom is -0.484 e. The lowest BCUT2D eigenvalue weighted by atomic mass is 10.1. The maximum absolute atomic E-state index is 12.2. The topological polar surface area (TPSA) is 80.3 Å². The van der Waals surface area contributed by atoms with E-state index in [1.54, 1.807) is 0 Å². The van der Waals surface area contributed by atoms with Crippen LogP contribution >= 0.6 is 11.3 Å². The van der Waals surface area contributed by atoms with Gasteiger partial charge in [-0.3, -0.25) is 14.9 Å². The van der Waals surface area contributed by atoms with Crippen LogP contribution in [-0.4, -0.2) is 23.4 Å². The Morgan fingerprint density at radius 2 is 1.76 bits per heavy atom. The minimum atomic E-state index is -0.254. The predicted molar refractivity (Wildman–Crippen MR) is 115 cm³/mol.